The Kier molecular flexibility index (Phi) is 9.22. The Hall–Kier alpha value is -3.65. The number of amides is 1. The number of allylic oxidation sites excluding steroid dienone is 1. The van der Waals surface area contributed by atoms with E-state index in [-0.39, 0.29) is 11.7 Å². The highest BCUT2D eigenvalue weighted by Gasteiger charge is 2.13. The second-order valence-corrected chi connectivity index (χ2v) is 8.44. The quantitative estimate of drug-likeness (QED) is 0.143. The molecule has 0 saturated heterocycles. The first-order chi connectivity index (χ1) is 16.5. The SMILES string of the molecule is C=CCc1cc(/C=N\NC(=O)CSc2nc(C)cc(C)n2)cc(OC)c1OCc1ccccc1. The molecule has 3 rings (SSSR count). The van der Waals surface area contributed by atoms with Crippen molar-refractivity contribution in [2.45, 2.75) is 32.0 Å². The number of nitrogens with one attached hydrogen (secondary N) is 1. The van der Waals surface area contributed by atoms with Gasteiger partial charge in [0, 0.05) is 17.0 Å². The van der Waals surface area contributed by atoms with Crippen LogP contribution in [0, 0.1) is 13.8 Å². The van der Waals surface area contributed by atoms with Crippen molar-refractivity contribution in [3.05, 3.63) is 89.3 Å². The van der Waals surface area contributed by atoms with E-state index in [4.69, 9.17) is 9.47 Å². The number of nitrogens with zero attached hydrogens (tertiary/aromatic N) is 3. The van der Waals surface area contributed by atoms with E-state index in [1.165, 1.54) is 11.8 Å². The van der Waals surface area contributed by atoms with Crippen LogP contribution in [0.25, 0.3) is 0 Å². The van der Waals surface area contributed by atoms with Crippen LogP contribution in [0.3, 0.4) is 0 Å². The molecule has 0 saturated carbocycles. The number of aryl methyl sites for hydroxylation is 2. The van der Waals surface area contributed by atoms with Crippen molar-refractivity contribution in [1.29, 1.82) is 0 Å². The lowest BCUT2D eigenvalue weighted by molar-refractivity contribution is -0.118. The minimum atomic E-state index is -0.245. The number of benzene rings is 2. The van der Waals surface area contributed by atoms with Crippen molar-refractivity contribution >= 4 is 23.9 Å². The van der Waals surface area contributed by atoms with E-state index in [9.17, 15) is 4.79 Å². The third-order valence-corrected chi connectivity index (χ3v) is 5.51. The van der Waals surface area contributed by atoms with Crippen LogP contribution in [0.5, 0.6) is 11.5 Å². The van der Waals surface area contributed by atoms with Gasteiger partial charge in [-0.3, -0.25) is 4.79 Å². The van der Waals surface area contributed by atoms with Gasteiger partial charge in [0.15, 0.2) is 16.7 Å². The number of methoxy groups -OCH3 is 1. The smallest absolute Gasteiger partial charge is 0.250 e. The maximum atomic E-state index is 12.2. The number of ether oxygens (including phenoxy) is 2. The molecule has 0 unspecified atom stereocenters. The lowest BCUT2D eigenvalue weighted by atomic mass is 10.1. The Balaban J connectivity index is 1.65. The Morgan fingerprint density at radius 3 is 2.56 bits per heavy atom. The van der Waals surface area contributed by atoms with Crippen molar-refractivity contribution in [2.24, 2.45) is 5.10 Å². The van der Waals surface area contributed by atoms with Crippen molar-refractivity contribution in [3.8, 4) is 11.5 Å². The van der Waals surface area contributed by atoms with E-state index in [1.807, 2.05) is 62.4 Å². The van der Waals surface area contributed by atoms with E-state index in [2.05, 4.69) is 27.1 Å². The van der Waals surface area contributed by atoms with Gasteiger partial charge >= 0.3 is 0 Å². The van der Waals surface area contributed by atoms with Crippen molar-refractivity contribution in [2.75, 3.05) is 12.9 Å². The van der Waals surface area contributed by atoms with Gasteiger partial charge in [-0.1, -0.05) is 48.2 Å². The average Bonchev–Trinajstić information content (AvgIpc) is 2.82. The number of rotatable bonds is 11. The van der Waals surface area contributed by atoms with Gasteiger partial charge in [0.05, 0.1) is 19.1 Å². The third-order valence-electron chi connectivity index (χ3n) is 4.66. The second kappa shape index (κ2) is 12.6. The molecule has 1 aromatic heterocycles. The maximum absolute atomic E-state index is 12.2. The Labute approximate surface area is 204 Å². The summed E-state index contributed by atoms with van der Waals surface area (Å²) in [4.78, 5) is 20.8. The van der Waals surface area contributed by atoms with Crippen LogP contribution in [0.4, 0.5) is 0 Å². The number of thioether (sulfide) groups is 1. The number of hydrogen-bond acceptors (Lipinski definition) is 7. The highest BCUT2D eigenvalue weighted by molar-refractivity contribution is 7.99. The fourth-order valence-corrected chi connectivity index (χ4v) is 3.95. The minimum absolute atomic E-state index is 0.164. The Morgan fingerprint density at radius 2 is 1.88 bits per heavy atom. The number of aromatic nitrogens is 2. The number of carbonyl (C=O) groups is 1. The summed E-state index contributed by atoms with van der Waals surface area (Å²) in [7, 11) is 1.59. The van der Waals surface area contributed by atoms with E-state index in [0.29, 0.717) is 29.7 Å². The molecule has 0 aliphatic carbocycles. The highest BCUT2D eigenvalue weighted by Crippen LogP contribution is 2.34. The van der Waals surface area contributed by atoms with Crippen LogP contribution in [-0.2, 0) is 17.8 Å². The first-order valence-electron chi connectivity index (χ1n) is 10.7. The first kappa shape index (κ1) is 25.0. The summed E-state index contributed by atoms with van der Waals surface area (Å²) in [6.07, 6.45) is 3.98. The first-order valence-corrected chi connectivity index (χ1v) is 11.7. The van der Waals surface area contributed by atoms with Crippen LogP contribution in [-0.4, -0.2) is 35.0 Å². The number of carbonyl (C=O) groups excluding carboxylic acids is 1. The zero-order valence-corrected chi connectivity index (χ0v) is 20.4. The van der Waals surface area contributed by atoms with E-state index >= 15 is 0 Å². The molecule has 1 N–H and O–H groups in total. The van der Waals surface area contributed by atoms with Gasteiger partial charge in [-0.2, -0.15) is 5.10 Å². The van der Waals surface area contributed by atoms with Gasteiger partial charge in [-0.05, 0) is 49.6 Å². The van der Waals surface area contributed by atoms with Gasteiger partial charge in [0.1, 0.15) is 6.61 Å². The summed E-state index contributed by atoms with van der Waals surface area (Å²) >= 11 is 1.27. The van der Waals surface area contributed by atoms with Gasteiger partial charge < -0.3 is 9.47 Å². The molecule has 7 nitrogen and oxygen atoms in total. The summed E-state index contributed by atoms with van der Waals surface area (Å²) in [5, 5.41) is 4.66. The molecule has 0 bridgehead atoms. The minimum Gasteiger partial charge on any atom is -0.493 e. The van der Waals surface area contributed by atoms with Crippen molar-refractivity contribution < 1.29 is 14.3 Å². The van der Waals surface area contributed by atoms with E-state index in [0.717, 1.165) is 28.1 Å². The topological polar surface area (TPSA) is 85.7 Å². The van der Waals surface area contributed by atoms with E-state index < -0.39 is 0 Å². The normalized spacial score (nSPS) is 10.8. The van der Waals surface area contributed by atoms with E-state index in [1.54, 1.807) is 19.4 Å². The number of hydrazone groups is 1. The van der Waals surface area contributed by atoms with Gasteiger partial charge in [0.2, 0.25) is 0 Å². The summed E-state index contributed by atoms with van der Waals surface area (Å²) < 4.78 is 11.7. The lowest BCUT2D eigenvalue weighted by Gasteiger charge is -2.15. The van der Waals surface area contributed by atoms with Gasteiger partial charge in [-0.25, -0.2) is 15.4 Å². The fraction of sp³-hybridized carbons (Fsp3) is 0.231. The molecule has 0 aliphatic rings. The molecule has 176 valence electrons. The third kappa shape index (κ3) is 7.45. The lowest BCUT2D eigenvalue weighted by Crippen LogP contribution is -2.19. The van der Waals surface area contributed by atoms with Crippen molar-refractivity contribution in [3.63, 3.8) is 0 Å². The number of hydrogen-bond donors (Lipinski definition) is 1. The molecule has 0 atom stereocenters. The molecule has 0 spiro atoms. The van der Waals surface area contributed by atoms with Crippen molar-refractivity contribution in [1.82, 2.24) is 15.4 Å². The molecule has 8 heteroatoms. The highest BCUT2D eigenvalue weighted by atomic mass is 32.2. The molecule has 34 heavy (non-hydrogen) atoms. The summed E-state index contributed by atoms with van der Waals surface area (Å²) in [6.45, 7) is 8.06. The average molecular weight is 477 g/mol. The predicted octanol–water partition coefficient (Wildman–Crippen LogP) is 4.65. The fourth-order valence-electron chi connectivity index (χ4n) is 3.21. The predicted molar refractivity (Wildman–Crippen MR) is 136 cm³/mol. The second-order valence-electron chi connectivity index (χ2n) is 7.49. The van der Waals surface area contributed by atoms with Crippen LogP contribution in [0.15, 0.2) is 71.4 Å². The Bertz CT molecular complexity index is 1150. The molecule has 0 radical (unpaired) electrons. The maximum Gasteiger partial charge on any atom is 0.250 e. The molecule has 2 aromatic carbocycles. The van der Waals surface area contributed by atoms with Crippen LogP contribution >= 0.6 is 11.8 Å². The van der Waals surface area contributed by atoms with Crippen LogP contribution in [0.2, 0.25) is 0 Å². The summed E-state index contributed by atoms with van der Waals surface area (Å²) in [5.74, 6) is 1.17. The molecule has 0 fully saturated rings. The van der Waals surface area contributed by atoms with Crippen LogP contribution < -0.4 is 14.9 Å². The largest absolute Gasteiger partial charge is 0.493 e. The summed E-state index contributed by atoms with van der Waals surface area (Å²) in [6, 6.07) is 15.6. The Morgan fingerprint density at radius 1 is 1.15 bits per heavy atom. The molecule has 1 heterocycles. The molecular weight excluding hydrogens is 448 g/mol. The molecule has 3 aromatic rings. The standard InChI is InChI=1S/C26H28N4O3S/c1-5-9-22-13-21(14-23(32-4)25(22)33-16-20-10-7-6-8-11-20)15-27-30-24(31)17-34-26-28-18(2)12-19(3)29-26/h5-8,10-15H,1,9,16-17H2,2-4H3,(H,30,31)/b27-15-. The molecule has 1 amide bonds. The zero-order valence-electron chi connectivity index (χ0n) is 19.6. The van der Waals surface area contributed by atoms with Gasteiger partial charge in [0.25, 0.3) is 5.91 Å². The van der Waals surface area contributed by atoms with Crippen LogP contribution in [0.1, 0.15) is 28.1 Å². The monoisotopic (exact) mass is 476 g/mol. The zero-order chi connectivity index (χ0) is 24.3. The summed E-state index contributed by atoms with van der Waals surface area (Å²) in [5.41, 5.74) is 7.03. The van der Waals surface area contributed by atoms with Gasteiger partial charge in [-0.15, -0.1) is 6.58 Å². The molecule has 0 aliphatic heterocycles. The molecular formula is C26H28N4O3S.